The molecule has 0 unspecified atom stereocenters. The highest BCUT2D eigenvalue weighted by Gasteiger charge is 2.36. The summed E-state index contributed by atoms with van der Waals surface area (Å²) in [6.45, 7) is 6.51. The lowest BCUT2D eigenvalue weighted by Gasteiger charge is -2.27. The molecule has 18 heavy (non-hydrogen) atoms. The SMILES string of the molecule is CC(C)C[C@@]1(C)NC(=S)N(c2ccc(Cl)cc2)N1. The summed E-state index contributed by atoms with van der Waals surface area (Å²) in [6, 6.07) is 7.62. The van der Waals surface area contributed by atoms with Gasteiger partial charge in [0.2, 0.25) is 0 Å². The molecule has 1 saturated heterocycles. The molecule has 5 heteroatoms. The summed E-state index contributed by atoms with van der Waals surface area (Å²) >= 11 is 11.3. The number of nitrogens with zero attached hydrogens (tertiary/aromatic N) is 1. The first-order valence-corrected chi connectivity index (χ1v) is 6.84. The molecule has 1 heterocycles. The Morgan fingerprint density at radius 1 is 1.33 bits per heavy atom. The van der Waals surface area contributed by atoms with Crippen LogP contribution in [0.2, 0.25) is 5.02 Å². The van der Waals surface area contributed by atoms with Crippen molar-refractivity contribution in [3.8, 4) is 0 Å². The predicted molar refractivity (Wildman–Crippen MR) is 80.7 cm³/mol. The van der Waals surface area contributed by atoms with E-state index in [1.165, 1.54) is 0 Å². The van der Waals surface area contributed by atoms with Crippen LogP contribution in [-0.2, 0) is 0 Å². The molecule has 1 aliphatic heterocycles. The quantitative estimate of drug-likeness (QED) is 0.833. The average Bonchev–Trinajstić information content (AvgIpc) is 2.54. The van der Waals surface area contributed by atoms with Crippen LogP contribution in [0, 0.1) is 5.92 Å². The molecule has 3 nitrogen and oxygen atoms in total. The Balaban J connectivity index is 2.16. The van der Waals surface area contributed by atoms with Gasteiger partial charge in [0.25, 0.3) is 0 Å². The van der Waals surface area contributed by atoms with Gasteiger partial charge >= 0.3 is 0 Å². The van der Waals surface area contributed by atoms with E-state index in [1.807, 2.05) is 29.3 Å². The summed E-state index contributed by atoms with van der Waals surface area (Å²) in [5.74, 6) is 0.586. The number of anilines is 1. The molecule has 1 aromatic rings. The zero-order valence-electron chi connectivity index (χ0n) is 10.8. The van der Waals surface area contributed by atoms with Crippen LogP contribution in [0.4, 0.5) is 5.69 Å². The van der Waals surface area contributed by atoms with E-state index in [4.69, 9.17) is 23.8 Å². The van der Waals surface area contributed by atoms with E-state index < -0.39 is 0 Å². The Labute approximate surface area is 118 Å². The summed E-state index contributed by atoms with van der Waals surface area (Å²) in [6.07, 6.45) is 0.997. The lowest BCUT2D eigenvalue weighted by molar-refractivity contribution is 0.303. The first-order chi connectivity index (χ1) is 8.39. The highest BCUT2D eigenvalue weighted by atomic mass is 35.5. The molecule has 0 amide bonds. The van der Waals surface area contributed by atoms with Crippen molar-refractivity contribution in [2.45, 2.75) is 32.9 Å². The van der Waals surface area contributed by atoms with Gasteiger partial charge in [-0.25, -0.2) is 5.43 Å². The van der Waals surface area contributed by atoms with Crippen molar-refractivity contribution in [2.24, 2.45) is 5.92 Å². The van der Waals surface area contributed by atoms with Gasteiger partial charge in [-0.3, -0.25) is 5.01 Å². The molecule has 0 aliphatic carbocycles. The van der Waals surface area contributed by atoms with Crippen molar-refractivity contribution in [3.05, 3.63) is 29.3 Å². The third-order valence-corrected chi connectivity index (χ3v) is 3.38. The summed E-state index contributed by atoms with van der Waals surface area (Å²) in [4.78, 5) is 0. The number of hydrogen-bond acceptors (Lipinski definition) is 2. The maximum Gasteiger partial charge on any atom is 0.189 e. The Morgan fingerprint density at radius 3 is 2.50 bits per heavy atom. The number of rotatable bonds is 3. The maximum atomic E-state index is 5.89. The molecule has 1 fully saturated rings. The van der Waals surface area contributed by atoms with Crippen LogP contribution in [0.5, 0.6) is 0 Å². The fourth-order valence-corrected chi connectivity index (χ4v) is 2.80. The van der Waals surface area contributed by atoms with Crippen molar-refractivity contribution >= 4 is 34.6 Å². The van der Waals surface area contributed by atoms with Gasteiger partial charge in [0, 0.05) is 5.02 Å². The third kappa shape index (κ3) is 2.94. The molecule has 0 spiro atoms. The molecule has 0 saturated carbocycles. The highest BCUT2D eigenvalue weighted by Crippen LogP contribution is 2.24. The van der Waals surface area contributed by atoms with Gasteiger partial charge in [0.1, 0.15) is 5.66 Å². The first kappa shape index (κ1) is 13.6. The topological polar surface area (TPSA) is 27.3 Å². The molecule has 1 aromatic carbocycles. The minimum absolute atomic E-state index is 0.190. The third-order valence-electron chi connectivity index (χ3n) is 2.85. The van der Waals surface area contributed by atoms with Gasteiger partial charge < -0.3 is 5.32 Å². The lowest BCUT2D eigenvalue weighted by atomic mass is 10.0. The van der Waals surface area contributed by atoms with Crippen LogP contribution < -0.4 is 15.8 Å². The van der Waals surface area contributed by atoms with Gasteiger partial charge in [-0.15, -0.1) is 0 Å². The number of thiocarbonyl (C=S) groups is 1. The van der Waals surface area contributed by atoms with E-state index >= 15 is 0 Å². The number of hydrogen-bond donors (Lipinski definition) is 2. The van der Waals surface area contributed by atoms with Gasteiger partial charge in [0.05, 0.1) is 5.69 Å². The second kappa shape index (κ2) is 5.03. The Morgan fingerprint density at radius 2 is 1.94 bits per heavy atom. The summed E-state index contributed by atoms with van der Waals surface area (Å²) < 4.78 is 0. The van der Waals surface area contributed by atoms with Gasteiger partial charge in [-0.1, -0.05) is 25.4 Å². The van der Waals surface area contributed by atoms with Crippen molar-refractivity contribution in [2.75, 3.05) is 5.01 Å². The average molecular weight is 284 g/mol. The normalized spacial score (nSPS) is 23.6. The second-order valence-electron chi connectivity index (χ2n) is 5.28. The van der Waals surface area contributed by atoms with E-state index in [2.05, 4.69) is 31.5 Å². The highest BCUT2D eigenvalue weighted by molar-refractivity contribution is 7.80. The van der Waals surface area contributed by atoms with Gasteiger partial charge in [-0.05, 0) is 55.7 Å². The van der Waals surface area contributed by atoms with Crippen molar-refractivity contribution in [1.29, 1.82) is 0 Å². The van der Waals surface area contributed by atoms with Crippen LogP contribution in [0.1, 0.15) is 27.2 Å². The second-order valence-corrected chi connectivity index (χ2v) is 6.11. The van der Waals surface area contributed by atoms with Gasteiger partial charge in [0.15, 0.2) is 5.11 Å². The van der Waals surface area contributed by atoms with Crippen molar-refractivity contribution < 1.29 is 0 Å². The monoisotopic (exact) mass is 283 g/mol. The van der Waals surface area contributed by atoms with E-state index in [0.717, 1.165) is 17.1 Å². The molecular formula is C13H18ClN3S. The molecule has 2 N–H and O–H groups in total. The van der Waals surface area contributed by atoms with E-state index in [-0.39, 0.29) is 5.66 Å². The fourth-order valence-electron chi connectivity index (χ4n) is 2.30. The van der Waals surface area contributed by atoms with Crippen molar-refractivity contribution in [3.63, 3.8) is 0 Å². The largest absolute Gasteiger partial charge is 0.342 e. The fraction of sp³-hybridized carbons (Fsp3) is 0.462. The smallest absolute Gasteiger partial charge is 0.189 e. The van der Waals surface area contributed by atoms with E-state index in [9.17, 15) is 0 Å². The number of halogens is 1. The van der Waals surface area contributed by atoms with Crippen LogP contribution in [0.3, 0.4) is 0 Å². The van der Waals surface area contributed by atoms with Crippen molar-refractivity contribution in [1.82, 2.24) is 10.7 Å². The number of hydrazine groups is 1. The zero-order chi connectivity index (χ0) is 13.3. The first-order valence-electron chi connectivity index (χ1n) is 6.05. The van der Waals surface area contributed by atoms with E-state index in [1.54, 1.807) is 0 Å². The standard InChI is InChI=1S/C13H18ClN3S/c1-9(2)8-13(3)15-12(18)17(16-13)11-6-4-10(14)5-7-11/h4-7,9,16H,8H2,1-3H3,(H,15,18)/t13-/m0/s1. The summed E-state index contributed by atoms with van der Waals surface area (Å²) in [5, 5.41) is 6.65. The number of nitrogens with one attached hydrogen (secondary N) is 2. The van der Waals surface area contributed by atoms with Crippen LogP contribution in [0.15, 0.2) is 24.3 Å². The van der Waals surface area contributed by atoms with Crippen LogP contribution in [-0.4, -0.2) is 10.8 Å². The molecule has 0 aromatic heterocycles. The van der Waals surface area contributed by atoms with Gasteiger partial charge in [-0.2, -0.15) is 0 Å². The molecule has 1 aliphatic rings. The number of benzene rings is 1. The van der Waals surface area contributed by atoms with Crippen LogP contribution >= 0.6 is 23.8 Å². The Kier molecular flexibility index (Phi) is 3.80. The zero-order valence-corrected chi connectivity index (χ0v) is 12.4. The predicted octanol–water partition coefficient (Wildman–Crippen LogP) is 3.30. The molecule has 0 radical (unpaired) electrons. The molecule has 98 valence electrons. The molecular weight excluding hydrogens is 266 g/mol. The molecule has 1 atom stereocenters. The molecule has 0 bridgehead atoms. The maximum absolute atomic E-state index is 5.89. The van der Waals surface area contributed by atoms with E-state index in [0.29, 0.717) is 11.0 Å². The molecule has 2 rings (SSSR count). The minimum atomic E-state index is -0.190. The lowest BCUT2D eigenvalue weighted by Crippen LogP contribution is -2.49. The Bertz CT molecular complexity index is 446. The van der Waals surface area contributed by atoms with Crippen LogP contribution in [0.25, 0.3) is 0 Å². The minimum Gasteiger partial charge on any atom is -0.342 e. The summed E-state index contributed by atoms with van der Waals surface area (Å²) in [5.41, 5.74) is 4.22. The Hall–Kier alpha value is -0.840. The summed E-state index contributed by atoms with van der Waals surface area (Å²) in [7, 11) is 0.